The fourth-order valence-electron chi connectivity index (χ4n) is 2.58. The third-order valence-corrected chi connectivity index (χ3v) is 3.51. The van der Waals surface area contributed by atoms with Crippen LogP contribution >= 0.6 is 0 Å². The summed E-state index contributed by atoms with van der Waals surface area (Å²) in [6.45, 7) is 0.293. The van der Waals surface area contributed by atoms with E-state index in [0.717, 1.165) is 42.3 Å². The molecule has 0 unspecified atom stereocenters. The lowest BCUT2D eigenvalue weighted by Gasteiger charge is -2.10. The van der Waals surface area contributed by atoms with Crippen molar-refractivity contribution in [3.63, 3.8) is 0 Å². The van der Waals surface area contributed by atoms with Crippen LogP contribution in [0, 0.1) is 0 Å². The number of nitrogens with one attached hydrogen (secondary N) is 1. The predicted molar refractivity (Wildman–Crippen MR) is 69.9 cm³/mol. The molecule has 5 nitrogen and oxygen atoms in total. The van der Waals surface area contributed by atoms with Crippen LogP contribution in [-0.4, -0.2) is 16.8 Å². The van der Waals surface area contributed by atoms with Crippen LogP contribution in [-0.2, 0) is 12.8 Å². The van der Waals surface area contributed by atoms with Crippen LogP contribution in [0.3, 0.4) is 0 Å². The Bertz CT molecular complexity index is 643. The fraction of sp³-hybridized carbons (Fsp3) is 0.286. The maximum Gasteiger partial charge on any atom is 0.231 e. The predicted octanol–water partition coefficient (Wildman–Crippen LogP) is 2.44. The largest absolute Gasteiger partial charge is 0.454 e. The van der Waals surface area contributed by atoms with Crippen molar-refractivity contribution in [3.8, 4) is 11.5 Å². The van der Waals surface area contributed by atoms with Crippen LogP contribution in [0.4, 0.5) is 11.5 Å². The van der Waals surface area contributed by atoms with Crippen molar-refractivity contribution in [2.24, 2.45) is 0 Å². The number of hydrogen-bond acceptors (Lipinski definition) is 5. The third kappa shape index (κ3) is 1.78. The Hall–Kier alpha value is -2.30. The molecule has 2 aromatic rings. The molecule has 0 saturated heterocycles. The van der Waals surface area contributed by atoms with Gasteiger partial charge in [0.15, 0.2) is 11.5 Å². The zero-order valence-corrected chi connectivity index (χ0v) is 10.3. The topological polar surface area (TPSA) is 56.3 Å². The summed E-state index contributed by atoms with van der Waals surface area (Å²) in [5, 5.41) is 3.35. The average molecular weight is 255 g/mol. The first kappa shape index (κ1) is 10.6. The van der Waals surface area contributed by atoms with Gasteiger partial charge in [-0.1, -0.05) is 0 Å². The molecule has 0 bridgehead atoms. The molecule has 19 heavy (non-hydrogen) atoms. The third-order valence-electron chi connectivity index (χ3n) is 3.51. The number of benzene rings is 1. The summed E-state index contributed by atoms with van der Waals surface area (Å²) in [5.41, 5.74) is 3.36. The minimum absolute atomic E-state index is 0.293. The van der Waals surface area contributed by atoms with Crippen molar-refractivity contribution >= 4 is 11.5 Å². The summed E-state index contributed by atoms with van der Waals surface area (Å²) >= 11 is 0. The van der Waals surface area contributed by atoms with E-state index in [2.05, 4.69) is 15.3 Å². The standard InChI is InChI=1S/C14H13N3O2/c1-2-10-11(3-1)15-7-16-14(10)17-9-4-5-12-13(6-9)19-8-18-12/h4-7H,1-3,8H2,(H,15,16,17). The van der Waals surface area contributed by atoms with Gasteiger partial charge in [-0.05, 0) is 31.4 Å². The zero-order valence-electron chi connectivity index (χ0n) is 10.3. The van der Waals surface area contributed by atoms with E-state index in [4.69, 9.17) is 9.47 Å². The molecule has 1 N–H and O–H groups in total. The van der Waals surface area contributed by atoms with Crippen LogP contribution in [0.15, 0.2) is 24.5 Å². The number of rotatable bonds is 2. The highest BCUT2D eigenvalue weighted by molar-refractivity contribution is 5.64. The molecule has 4 rings (SSSR count). The fourth-order valence-corrected chi connectivity index (χ4v) is 2.58. The van der Waals surface area contributed by atoms with E-state index in [9.17, 15) is 0 Å². The van der Waals surface area contributed by atoms with Crippen molar-refractivity contribution in [2.75, 3.05) is 12.1 Å². The number of aryl methyl sites for hydroxylation is 1. The first-order valence-corrected chi connectivity index (χ1v) is 6.39. The first-order chi connectivity index (χ1) is 9.40. The van der Waals surface area contributed by atoms with E-state index in [0.29, 0.717) is 6.79 Å². The SMILES string of the molecule is c1nc2c(c(Nc3ccc4c(c3)OCO4)n1)CCC2. The average Bonchev–Trinajstić information content (AvgIpc) is 3.06. The van der Waals surface area contributed by atoms with Gasteiger partial charge in [-0.25, -0.2) is 9.97 Å². The van der Waals surface area contributed by atoms with E-state index in [1.54, 1.807) is 6.33 Å². The van der Waals surface area contributed by atoms with Crippen molar-refractivity contribution in [1.82, 2.24) is 9.97 Å². The molecular weight excluding hydrogens is 242 g/mol. The molecule has 0 amide bonds. The lowest BCUT2D eigenvalue weighted by Crippen LogP contribution is -2.00. The number of anilines is 2. The molecule has 0 saturated carbocycles. The summed E-state index contributed by atoms with van der Waals surface area (Å²) in [6.07, 6.45) is 4.88. The Morgan fingerprint density at radius 3 is 3.00 bits per heavy atom. The van der Waals surface area contributed by atoms with E-state index >= 15 is 0 Å². The van der Waals surface area contributed by atoms with Gasteiger partial charge in [0.1, 0.15) is 12.1 Å². The molecule has 0 fully saturated rings. The molecule has 1 aromatic heterocycles. The van der Waals surface area contributed by atoms with Crippen LogP contribution in [0.2, 0.25) is 0 Å². The van der Waals surface area contributed by atoms with E-state index in [-0.39, 0.29) is 0 Å². The molecule has 96 valence electrons. The van der Waals surface area contributed by atoms with Crippen LogP contribution in [0.25, 0.3) is 0 Å². The Labute approximate surface area is 110 Å². The normalized spacial score (nSPS) is 15.4. The second-order valence-electron chi connectivity index (χ2n) is 4.69. The Kier molecular flexibility index (Phi) is 2.30. The molecule has 2 heterocycles. The van der Waals surface area contributed by atoms with Gasteiger partial charge >= 0.3 is 0 Å². The van der Waals surface area contributed by atoms with Gasteiger partial charge in [0.05, 0.1) is 0 Å². The van der Waals surface area contributed by atoms with Gasteiger partial charge in [0, 0.05) is 23.0 Å². The maximum atomic E-state index is 5.37. The van der Waals surface area contributed by atoms with E-state index in [1.807, 2.05) is 18.2 Å². The molecule has 2 aliphatic rings. The Balaban J connectivity index is 1.67. The molecule has 1 aliphatic carbocycles. The van der Waals surface area contributed by atoms with E-state index in [1.165, 1.54) is 11.3 Å². The summed E-state index contributed by atoms with van der Waals surface area (Å²) in [6, 6.07) is 5.81. The van der Waals surface area contributed by atoms with Gasteiger partial charge in [-0.15, -0.1) is 0 Å². The van der Waals surface area contributed by atoms with Crippen LogP contribution < -0.4 is 14.8 Å². The smallest absolute Gasteiger partial charge is 0.231 e. The summed E-state index contributed by atoms with van der Waals surface area (Å²) in [7, 11) is 0. The summed E-state index contributed by atoms with van der Waals surface area (Å²) in [5.74, 6) is 2.47. The van der Waals surface area contributed by atoms with Gasteiger partial charge in [0.2, 0.25) is 6.79 Å². The quantitative estimate of drug-likeness (QED) is 0.893. The monoisotopic (exact) mass is 255 g/mol. The van der Waals surface area contributed by atoms with Crippen molar-refractivity contribution in [1.29, 1.82) is 0 Å². The minimum atomic E-state index is 0.293. The lowest BCUT2D eigenvalue weighted by molar-refractivity contribution is 0.174. The number of aromatic nitrogens is 2. The van der Waals surface area contributed by atoms with Gasteiger partial charge in [-0.2, -0.15) is 0 Å². The maximum absolute atomic E-state index is 5.37. The lowest BCUT2D eigenvalue weighted by atomic mass is 10.2. The van der Waals surface area contributed by atoms with Crippen molar-refractivity contribution < 1.29 is 9.47 Å². The molecule has 0 spiro atoms. The number of ether oxygens (including phenoxy) is 2. The molecule has 5 heteroatoms. The van der Waals surface area contributed by atoms with Crippen molar-refractivity contribution in [3.05, 3.63) is 35.8 Å². The number of nitrogens with zero attached hydrogens (tertiary/aromatic N) is 2. The zero-order chi connectivity index (χ0) is 12.7. The second-order valence-corrected chi connectivity index (χ2v) is 4.69. The molecule has 0 radical (unpaired) electrons. The number of hydrogen-bond donors (Lipinski definition) is 1. The minimum Gasteiger partial charge on any atom is -0.454 e. The summed E-state index contributed by atoms with van der Waals surface area (Å²) in [4.78, 5) is 8.67. The molecule has 0 atom stereocenters. The van der Waals surface area contributed by atoms with E-state index < -0.39 is 0 Å². The molecule has 1 aromatic carbocycles. The van der Waals surface area contributed by atoms with Crippen molar-refractivity contribution in [2.45, 2.75) is 19.3 Å². The van der Waals surface area contributed by atoms with Crippen LogP contribution in [0.1, 0.15) is 17.7 Å². The highest BCUT2D eigenvalue weighted by Gasteiger charge is 2.18. The Morgan fingerprint density at radius 2 is 2.00 bits per heavy atom. The molecule has 1 aliphatic heterocycles. The highest BCUT2D eigenvalue weighted by Crippen LogP contribution is 2.35. The van der Waals surface area contributed by atoms with Gasteiger partial charge in [0.25, 0.3) is 0 Å². The molecular formula is C14H13N3O2. The first-order valence-electron chi connectivity index (χ1n) is 6.39. The highest BCUT2D eigenvalue weighted by atomic mass is 16.7. The van der Waals surface area contributed by atoms with Crippen LogP contribution in [0.5, 0.6) is 11.5 Å². The van der Waals surface area contributed by atoms with Gasteiger partial charge < -0.3 is 14.8 Å². The second kappa shape index (κ2) is 4.12. The Morgan fingerprint density at radius 1 is 1.05 bits per heavy atom. The van der Waals surface area contributed by atoms with Gasteiger partial charge in [-0.3, -0.25) is 0 Å². The number of fused-ring (bicyclic) bond motifs is 2. The summed E-state index contributed by atoms with van der Waals surface area (Å²) < 4.78 is 10.7.